The van der Waals surface area contributed by atoms with Gasteiger partial charge in [-0.3, -0.25) is 0 Å². The summed E-state index contributed by atoms with van der Waals surface area (Å²) in [7, 11) is 4.67. The molecule has 0 radical (unpaired) electrons. The number of halogens is 1. The first kappa shape index (κ1) is 31.0. The van der Waals surface area contributed by atoms with E-state index in [0.29, 0.717) is 30.2 Å². The molecule has 5 nitrogen and oxygen atoms in total. The quantitative estimate of drug-likeness (QED) is 0.305. The van der Waals surface area contributed by atoms with E-state index in [-0.39, 0.29) is 0 Å². The molecular weight excluding hydrogens is 692 g/mol. The Kier molecular flexibility index (Phi) is 12.7. The van der Waals surface area contributed by atoms with E-state index in [9.17, 15) is 0 Å². The Morgan fingerprint density at radius 1 is 0.625 bits per heavy atom. The Morgan fingerprint density at radius 3 is 1.98 bits per heavy atom. The molecule has 7 atom stereocenters. The van der Waals surface area contributed by atoms with Crippen LogP contribution in [0.15, 0.2) is 24.3 Å². The SMILES string of the molecule is C1=c2ccccc2=C(C2[N-]CCC3CCCCC32)[N-]C1.C1CCC(C2CCCC(C3CCCC[N-]3)[N-]2)[N-]C1.[Cl][Os]. The molecule has 1 aliphatic carbocycles. The summed E-state index contributed by atoms with van der Waals surface area (Å²) in [6.45, 7) is 4.02. The van der Waals surface area contributed by atoms with Gasteiger partial charge in [-0.15, -0.1) is 32.2 Å². The Balaban J connectivity index is 0.000000153. The second-order valence-electron chi connectivity index (χ2n) is 12.5. The van der Waals surface area contributed by atoms with Gasteiger partial charge in [-0.2, -0.15) is 29.9 Å². The molecule has 225 valence electrons. The second kappa shape index (κ2) is 16.4. The van der Waals surface area contributed by atoms with Crippen molar-refractivity contribution in [2.24, 2.45) is 11.8 Å². The normalized spacial score (nSPS) is 35.6. The zero-order chi connectivity index (χ0) is 27.6. The van der Waals surface area contributed by atoms with E-state index in [2.05, 4.69) is 40.0 Å². The summed E-state index contributed by atoms with van der Waals surface area (Å²) in [6.07, 6.45) is 20.9. The van der Waals surface area contributed by atoms with E-state index in [1.807, 2.05) is 0 Å². The number of hydrogen-bond acceptors (Lipinski definition) is 0. The van der Waals surface area contributed by atoms with Gasteiger partial charge < -0.3 is 26.6 Å². The second-order valence-corrected chi connectivity index (χ2v) is 12.5. The molecule has 0 bridgehead atoms. The molecule has 5 fully saturated rings. The van der Waals surface area contributed by atoms with Gasteiger partial charge in [0.15, 0.2) is 0 Å². The van der Waals surface area contributed by atoms with Gasteiger partial charge in [0, 0.05) is 0 Å². The predicted octanol–water partition coefficient (Wildman–Crippen LogP) is 7.74. The maximum absolute atomic E-state index is 5.14. The zero-order valence-corrected chi connectivity index (χ0v) is 27.4. The number of nitrogens with zero attached hydrogens (tertiary/aromatic N) is 5. The van der Waals surface area contributed by atoms with E-state index in [0.717, 1.165) is 38.0 Å². The molecular formula is C33H48ClN5Os-5. The van der Waals surface area contributed by atoms with Crippen LogP contribution in [-0.2, 0) is 17.6 Å². The van der Waals surface area contributed by atoms with Crippen LogP contribution in [-0.4, -0.2) is 56.4 Å². The Morgan fingerprint density at radius 2 is 1.27 bits per heavy atom. The summed E-state index contributed by atoms with van der Waals surface area (Å²) in [5.41, 5.74) is 1.28. The summed E-state index contributed by atoms with van der Waals surface area (Å²) in [5, 5.41) is 27.3. The minimum atomic E-state index is 0.365. The molecule has 7 unspecified atom stereocenters. The van der Waals surface area contributed by atoms with E-state index >= 15 is 0 Å². The number of piperidine rings is 4. The standard InChI is InChI=1S/C18H22N2.C15H26N3.ClH.Os/c1-3-7-15-13(5-1)9-11-19-17(15)18-16-8-4-2-6-14(16)10-12-20-18;1-3-10-16-12(6-1)14-8-5-9-15(18-14)13-7-2-4-11-17-13;;/h1,3,5,7,9,14,16,18H,2,4,6,8,10-12H2;12-15H,1-11H2;1H;/q-2;-3;;+1/p-1. The molecule has 0 spiro atoms. The van der Waals surface area contributed by atoms with Crippen LogP contribution in [0.5, 0.6) is 0 Å². The number of benzene rings is 1. The molecule has 5 heterocycles. The van der Waals surface area contributed by atoms with Gasteiger partial charge in [0.25, 0.3) is 0 Å². The van der Waals surface area contributed by atoms with Crippen molar-refractivity contribution in [3.05, 3.63) is 61.3 Å². The molecule has 1 saturated carbocycles. The van der Waals surface area contributed by atoms with Crippen molar-refractivity contribution in [2.75, 3.05) is 26.2 Å². The van der Waals surface area contributed by atoms with Gasteiger partial charge in [-0.05, 0) is 16.4 Å². The third-order valence-corrected chi connectivity index (χ3v) is 10.1. The number of fused-ring (bicyclic) bond motifs is 2. The third-order valence-electron chi connectivity index (χ3n) is 10.1. The summed E-state index contributed by atoms with van der Waals surface area (Å²) >= 11 is 1.33. The van der Waals surface area contributed by atoms with Crippen molar-refractivity contribution >= 4 is 21.4 Å². The van der Waals surface area contributed by atoms with Crippen molar-refractivity contribution < 1.29 is 17.6 Å². The van der Waals surface area contributed by atoms with Gasteiger partial charge in [-0.1, -0.05) is 126 Å². The molecule has 0 amide bonds. The first-order valence-corrected chi connectivity index (χ1v) is 19.3. The predicted molar refractivity (Wildman–Crippen MR) is 166 cm³/mol. The first-order chi connectivity index (χ1) is 19.9. The summed E-state index contributed by atoms with van der Waals surface area (Å²) in [4.78, 5) is 0. The third kappa shape index (κ3) is 7.92. The summed E-state index contributed by atoms with van der Waals surface area (Å²) in [6, 6.07) is 11.2. The Hall–Kier alpha value is -0.474. The first-order valence-electron chi connectivity index (χ1n) is 16.2. The van der Waals surface area contributed by atoms with Crippen molar-refractivity contribution in [1.29, 1.82) is 0 Å². The average Bonchev–Trinajstić information content (AvgIpc) is 3.06. The van der Waals surface area contributed by atoms with Crippen LogP contribution in [0.25, 0.3) is 38.4 Å². The molecule has 40 heavy (non-hydrogen) atoms. The fourth-order valence-electron chi connectivity index (χ4n) is 8.07. The van der Waals surface area contributed by atoms with Crippen LogP contribution < -0.4 is 10.4 Å². The average molecular weight is 740 g/mol. The fraction of sp³-hybridized carbons (Fsp3) is 0.758. The zero-order valence-electron chi connectivity index (χ0n) is 24.1. The summed E-state index contributed by atoms with van der Waals surface area (Å²) < 4.78 is 0. The number of rotatable bonds is 3. The van der Waals surface area contributed by atoms with Crippen LogP contribution in [0.3, 0.4) is 0 Å². The van der Waals surface area contributed by atoms with Gasteiger partial charge in [0.05, 0.1) is 0 Å². The van der Waals surface area contributed by atoms with E-state index < -0.39 is 0 Å². The monoisotopic (exact) mass is 741 g/mol. The summed E-state index contributed by atoms with van der Waals surface area (Å²) in [5.74, 6) is 1.65. The van der Waals surface area contributed by atoms with E-state index in [1.54, 1.807) is 0 Å². The molecule has 4 saturated heterocycles. The molecule has 7 heteroatoms. The molecule has 6 aliphatic rings. The van der Waals surface area contributed by atoms with Gasteiger partial charge in [0.2, 0.25) is 0 Å². The van der Waals surface area contributed by atoms with E-state index in [4.69, 9.17) is 26.6 Å². The van der Waals surface area contributed by atoms with Crippen LogP contribution in [0.1, 0.15) is 89.9 Å². The fourth-order valence-corrected chi connectivity index (χ4v) is 8.07. The molecule has 7 rings (SSSR count). The van der Waals surface area contributed by atoms with Gasteiger partial charge in [-0.25, -0.2) is 0 Å². The molecule has 1 aromatic carbocycles. The molecule has 1 aromatic rings. The van der Waals surface area contributed by atoms with Crippen LogP contribution in [0.4, 0.5) is 0 Å². The van der Waals surface area contributed by atoms with Gasteiger partial charge >= 0.3 is 27.2 Å². The van der Waals surface area contributed by atoms with Crippen LogP contribution >= 0.6 is 9.64 Å². The maximum atomic E-state index is 5.14. The molecule has 5 aliphatic heterocycles. The van der Waals surface area contributed by atoms with Crippen LogP contribution in [0, 0.1) is 11.8 Å². The Labute approximate surface area is 257 Å². The van der Waals surface area contributed by atoms with Crippen molar-refractivity contribution in [3.8, 4) is 0 Å². The Bertz CT molecular complexity index is 982. The van der Waals surface area contributed by atoms with Gasteiger partial charge in [0.1, 0.15) is 0 Å². The molecule has 0 aromatic heterocycles. The number of hydrogen-bond donors (Lipinski definition) is 0. The van der Waals surface area contributed by atoms with Crippen molar-refractivity contribution in [1.82, 2.24) is 0 Å². The van der Waals surface area contributed by atoms with Crippen LogP contribution in [0.2, 0.25) is 0 Å². The minimum absolute atomic E-state index is 0.365. The van der Waals surface area contributed by atoms with E-state index in [1.165, 1.54) is 124 Å². The van der Waals surface area contributed by atoms with Crippen molar-refractivity contribution in [3.63, 3.8) is 0 Å². The topological polar surface area (TPSA) is 70.5 Å². The molecule has 0 N–H and O–H groups in total. The van der Waals surface area contributed by atoms with Crippen molar-refractivity contribution in [2.45, 2.75) is 120 Å².